The average molecular weight is 358 g/mol. The summed E-state index contributed by atoms with van der Waals surface area (Å²) in [6.45, 7) is 3.71. The van der Waals surface area contributed by atoms with Gasteiger partial charge in [-0.2, -0.15) is 5.10 Å². The molecule has 0 aliphatic carbocycles. The Hall–Kier alpha value is -2.78. The van der Waals surface area contributed by atoms with Crippen molar-refractivity contribution in [3.63, 3.8) is 0 Å². The summed E-state index contributed by atoms with van der Waals surface area (Å²) in [6, 6.07) is 4.64. The van der Waals surface area contributed by atoms with E-state index in [1.165, 1.54) is 18.3 Å². The lowest BCUT2D eigenvalue weighted by Gasteiger charge is -2.10. The Morgan fingerprint density at radius 2 is 1.88 bits per heavy atom. The van der Waals surface area contributed by atoms with Gasteiger partial charge in [-0.3, -0.25) is 4.68 Å². The first-order chi connectivity index (χ1) is 11.7. The lowest BCUT2D eigenvalue weighted by Crippen LogP contribution is -2.12. The number of aromatic nitrogens is 4. The number of hydrogen-bond donors (Lipinski definition) is 2. The van der Waals surface area contributed by atoms with Crippen molar-refractivity contribution in [2.45, 2.75) is 18.7 Å². The molecule has 0 aliphatic rings. The Kier molecular flexibility index (Phi) is 4.05. The van der Waals surface area contributed by atoms with Crippen LogP contribution in [0.3, 0.4) is 0 Å². The molecule has 25 heavy (non-hydrogen) atoms. The third-order valence-electron chi connectivity index (χ3n) is 3.88. The summed E-state index contributed by atoms with van der Waals surface area (Å²) in [6.07, 6.45) is 3.33. The molecule has 4 N–H and O–H groups in total. The molecule has 0 aliphatic heterocycles. The van der Waals surface area contributed by atoms with Crippen molar-refractivity contribution in [1.82, 2.24) is 19.7 Å². The van der Waals surface area contributed by atoms with Crippen LogP contribution in [0.15, 0.2) is 35.5 Å². The third-order valence-corrected chi connectivity index (χ3v) is 4.79. The molecular formula is C16H18N6O2S. The summed E-state index contributed by atoms with van der Waals surface area (Å²) >= 11 is 0. The Morgan fingerprint density at radius 3 is 2.48 bits per heavy atom. The quantitative estimate of drug-likeness (QED) is 0.727. The van der Waals surface area contributed by atoms with Gasteiger partial charge in [-0.05, 0) is 31.5 Å². The largest absolute Gasteiger partial charge is 0.382 e. The molecule has 2 aromatic heterocycles. The molecule has 0 saturated carbocycles. The van der Waals surface area contributed by atoms with Gasteiger partial charge in [0.05, 0.1) is 22.5 Å². The molecule has 3 rings (SSSR count). The molecule has 130 valence electrons. The van der Waals surface area contributed by atoms with E-state index in [1.807, 2.05) is 27.1 Å². The van der Waals surface area contributed by atoms with Crippen LogP contribution in [0.5, 0.6) is 0 Å². The van der Waals surface area contributed by atoms with E-state index in [2.05, 4.69) is 15.1 Å². The maximum atomic E-state index is 11.6. The van der Waals surface area contributed by atoms with Gasteiger partial charge in [0.2, 0.25) is 10.0 Å². The summed E-state index contributed by atoms with van der Waals surface area (Å²) in [5.74, 6) is 0.278. The number of rotatable bonds is 3. The van der Waals surface area contributed by atoms with Crippen LogP contribution >= 0.6 is 0 Å². The molecule has 0 spiro atoms. The number of aryl methyl sites for hydroxylation is 3. The zero-order chi connectivity index (χ0) is 18.4. The molecular weight excluding hydrogens is 340 g/mol. The minimum Gasteiger partial charge on any atom is -0.382 e. The van der Waals surface area contributed by atoms with E-state index in [0.717, 1.165) is 16.8 Å². The first kappa shape index (κ1) is 17.1. The fraction of sp³-hybridized carbons (Fsp3) is 0.188. The van der Waals surface area contributed by atoms with Gasteiger partial charge in [0, 0.05) is 24.4 Å². The summed E-state index contributed by atoms with van der Waals surface area (Å²) in [5, 5.41) is 9.52. The minimum absolute atomic E-state index is 0.0193. The Balaban J connectivity index is 2.20. The van der Waals surface area contributed by atoms with Crippen LogP contribution < -0.4 is 10.9 Å². The van der Waals surface area contributed by atoms with E-state index in [4.69, 9.17) is 10.9 Å². The van der Waals surface area contributed by atoms with Crippen LogP contribution in [0.4, 0.5) is 5.82 Å². The first-order valence-corrected chi connectivity index (χ1v) is 8.98. The number of sulfonamides is 1. The summed E-state index contributed by atoms with van der Waals surface area (Å²) in [4.78, 5) is 8.83. The number of anilines is 1. The van der Waals surface area contributed by atoms with E-state index < -0.39 is 10.0 Å². The van der Waals surface area contributed by atoms with Crippen LogP contribution in [0.25, 0.3) is 22.5 Å². The second kappa shape index (κ2) is 5.94. The van der Waals surface area contributed by atoms with Gasteiger partial charge in [-0.15, -0.1) is 0 Å². The van der Waals surface area contributed by atoms with Crippen molar-refractivity contribution in [2.75, 3.05) is 5.73 Å². The van der Waals surface area contributed by atoms with Crippen molar-refractivity contribution >= 4 is 15.8 Å². The monoisotopic (exact) mass is 358 g/mol. The van der Waals surface area contributed by atoms with Gasteiger partial charge in [0.1, 0.15) is 11.5 Å². The molecule has 0 unspecified atom stereocenters. The van der Waals surface area contributed by atoms with E-state index in [1.54, 1.807) is 10.7 Å². The van der Waals surface area contributed by atoms with E-state index >= 15 is 0 Å². The molecule has 9 heteroatoms. The van der Waals surface area contributed by atoms with Crippen LogP contribution in [-0.2, 0) is 17.1 Å². The summed E-state index contributed by atoms with van der Waals surface area (Å²) in [5.41, 5.74) is 10.0. The van der Waals surface area contributed by atoms with Gasteiger partial charge in [0.15, 0.2) is 0 Å². The van der Waals surface area contributed by atoms with Crippen molar-refractivity contribution in [1.29, 1.82) is 0 Å². The van der Waals surface area contributed by atoms with Crippen molar-refractivity contribution in [2.24, 2.45) is 12.2 Å². The molecule has 0 radical (unpaired) electrons. The molecule has 3 aromatic rings. The zero-order valence-electron chi connectivity index (χ0n) is 14.1. The van der Waals surface area contributed by atoms with E-state index in [0.29, 0.717) is 17.0 Å². The van der Waals surface area contributed by atoms with Gasteiger partial charge in [0.25, 0.3) is 0 Å². The maximum Gasteiger partial charge on any atom is 0.238 e. The molecule has 0 saturated heterocycles. The lowest BCUT2D eigenvalue weighted by atomic mass is 10.1. The highest BCUT2D eigenvalue weighted by atomic mass is 32.2. The van der Waals surface area contributed by atoms with Gasteiger partial charge < -0.3 is 5.73 Å². The van der Waals surface area contributed by atoms with Crippen LogP contribution in [0.1, 0.15) is 11.3 Å². The molecule has 0 fully saturated rings. The number of nitrogens with two attached hydrogens (primary N) is 2. The molecule has 0 amide bonds. The third kappa shape index (κ3) is 3.24. The van der Waals surface area contributed by atoms with Crippen LogP contribution in [0, 0.1) is 13.8 Å². The average Bonchev–Trinajstić information content (AvgIpc) is 2.86. The summed E-state index contributed by atoms with van der Waals surface area (Å²) < 4.78 is 24.9. The highest BCUT2D eigenvalue weighted by Crippen LogP contribution is 2.30. The number of benzene rings is 1. The van der Waals surface area contributed by atoms with Gasteiger partial charge >= 0.3 is 0 Å². The van der Waals surface area contributed by atoms with Crippen LogP contribution in [-0.4, -0.2) is 28.2 Å². The Labute approximate surface area is 145 Å². The topological polar surface area (TPSA) is 130 Å². The molecule has 0 bridgehead atoms. The van der Waals surface area contributed by atoms with Gasteiger partial charge in [-0.25, -0.2) is 23.5 Å². The highest BCUT2D eigenvalue weighted by molar-refractivity contribution is 7.89. The van der Waals surface area contributed by atoms with Crippen molar-refractivity contribution < 1.29 is 8.42 Å². The summed E-state index contributed by atoms with van der Waals surface area (Å²) in [7, 11) is -2.00. The highest BCUT2D eigenvalue weighted by Gasteiger charge is 2.16. The predicted octanol–water partition coefficient (Wildman–Crippen LogP) is 1.39. The number of nitrogen functional groups attached to an aromatic ring is 1. The second-order valence-corrected chi connectivity index (χ2v) is 7.37. The molecule has 2 heterocycles. The lowest BCUT2D eigenvalue weighted by molar-refractivity contribution is 0.598. The smallest absolute Gasteiger partial charge is 0.238 e. The number of primary sulfonamides is 1. The maximum absolute atomic E-state index is 11.6. The SMILES string of the molecule is Cc1ccc(S(N)(=O)=O)cc1-c1cnc(N)c(-c2cn(C)nc2C)n1. The molecule has 1 aromatic carbocycles. The normalized spacial score (nSPS) is 11.7. The van der Waals surface area contributed by atoms with E-state index in [-0.39, 0.29) is 10.7 Å². The van der Waals surface area contributed by atoms with Gasteiger partial charge in [-0.1, -0.05) is 6.07 Å². The number of nitrogens with zero attached hydrogens (tertiary/aromatic N) is 4. The van der Waals surface area contributed by atoms with Crippen LogP contribution in [0.2, 0.25) is 0 Å². The first-order valence-electron chi connectivity index (χ1n) is 7.44. The van der Waals surface area contributed by atoms with Crippen molar-refractivity contribution in [3.8, 4) is 22.5 Å². The van der Waals surface area contributed by atoms with E-state index in [9.17, 15) is 8.42 Å². The number of hydrogen-bond acceptors (Lipinski definition) is 6. The zero-order valence-corrected chi connectivity index (χ0v) is 14.9. The molecule has 8 nitrogen and oxygen atoms in total. The standard InChI is InChI=1S/C16H18N6O2S/c1-9-4-5-11(25(18,23)24)6-12(9)14-7-19-16(17)15(20-14)13-8-22(3)21-10(13)2/h4-8H,1-3H3,(H2,17,19)(H2,18,23,24). The Morgan fingerprint density at radius 1 is 1.16 bits per heavy atom. The fourth-order valence-corrected chi connectivity index (χ4v) is 3.15. The predicted molar refractivity (Wildman–Crippen MR) is 94.9 cm³/mol. The minimum atomic E-state index is -3.81. The fourth-order valence-electron chi connectivity index (χ4n) is 2.61. The Bertz CT molecular complexity index is 1070. The molecule has 0 atom stereocenters. The second-order valence-electron chi connectivity index (χ2n) is 5.81. The van der Waals surface area contributed by atoms with Crippen molar-refractivity contribution in [3.05, 3.63) is 41.9 Å².